The van der Waals surface area contributed by atoms with Gasteiger partial charge in [0, 0.05) is 17.7 Å². The molecule has 2 aromatic carbocycles. The summed E-state index contributed by atoms with van der Waals surface area (Å²) in [5.74, 6) is 0.372. The van der Waals surface area contributed by atoms with Gasteiger partial charge in [0.05, 0.1) is 38.9 Å². The number of benzene rings is 2. The number of sulfone groups is 1. The molecule has 30 heavy (non-hydrogen) atoms. The Hall–Kier alpha value is -1.91. The Bertz CT molecular complexity index is 1190. The molecule has 0 radical (unpaired) electrons. The van der Waals surface area contributed by atoms with Crippen molar-refractivity contribution in [2.24, 2.45) is 0 Å². The minimum Gasteiger partial charge on any atom is -0.377 e. The van der Waals surface area contributed by atoms with Crippen molar-refractivity contribution in [3.63, 3.8) is 0 Å². The van der Waals surface area contributed by atoms with Crippen LogP contribution in [0.15, 0.2) is 58.3 Å². The summed E-state index contributed by atoms with van der Waals surface area (Å²) < 4.78 is 30.5. The Kier molecular flexibility index (Phi) is 7.54. The normalized spacial score (nSPS) is 11.5. The zero-order chi connectivity index (χ0) is 21.7. The van der Waals surface area contributed by atoms with Crippen molar-refractivity contribution >= 4 is 66.3 Å². The maximum absolute atomic E-state index is 12.6. The zero-order valence-electron chi connectivity index (χ0n) is 16.1. The van der Waals surface area contributed by atoms with Crippen molar-refractivity contribution in [3.05, 3.63) is 59.6 Å². The number of halogens is 1. The van der Waals surface area contributed by atoms with E-state index in [-0.39, 0.29) is 15.5 Å². The number of amides is 1. The van der Waals surface area contributed by atoms with Gasteiger partial charge in [-0.25, -0.2) is 13.4 Å². The number of thioether (sulfide) groups is 1. The van der Waals surface area contributed by atoms with Crippen molar-refractivity contribution in [1.82, 2.24) is 4.98 Å². The van der Waals surface area contributed by atoms with E-state index >= 15 is 0 Å². The average Bonchev–Trinajstić information content (AvgIpc) is 3.09. The Morgan fingerprint density at radius 3 is 2.83 bits per heavy atom. The SMILES string of the molecule is C=CCOCCSc1nc2ccc(NC(=O)c3ccc(S(C)(=O)=O)cc3Cl)cc2s1. The number of carbonyl (C=O) groups excluding carboxylic acids is 1. The third-order valence-electron chi connectivity index (χ3n) is 3.93. The minimum absolute atomic E-state index is 0.0649. The Morgan fingerprint density at radius 1 is 1.33 bits per heavy atom. The van der Waals surface area contributed by atoms with Gasteiger partial charge in [0.15, 0.2) is 14.2 Å². The summed E-state index contributed by atoms with van der Waals surface area (Å²) in [7, 11) is -3.40. The quantitative estimate of drug-likeness (QED) is 0.265. The highest BCUT2D eigenvalue weighted by atomic mass is 35.5. The van der Waals surface area contributed by atoms with E-state index in [0.717, 1.165) is 26.6 Å². The van der Waals surface area contributed by atoms with Crippen LogP contribution < -0.4 is 5.32 Å². The molecule has 0 unspecified atom stereocenters. The number of carbonyl (C=O) groups is 1. The fourth-order valence-electron chi connectivity index (χ4n) is 2.51. The lowest BCUT2D eigenvalue weighted by Crippen LogP contribution is -2.12. The summed E-state index contributed by atoms with van der Waals surface area (Å²) in [5.41, 5.74) is 1.65. The van der Waals surface area contributed by atoms with E-state index in [2.05, 4.69) is 16.9 Å². The zero-order valence-corrected chi connectivity index (χ0v) is 19.3. The first-order valence-electron chi connectivity index (χ1n) is 8.81. The van der Waals surface area contributed by atoms with Crippen LogP contribution in [0.5, 0.6) is 0 Å². The van der Waals surface area contributed by atoms with Crippen molar-refractivity contribution in [1.29, 1.82) is 0 Å². The number of ether oxygens (including phenoxy) is 1. The molecule has 0 spiro atoms. The topological polar surface area (TPSA) is 85.4 Å². The Balaban J connectivity index is 1.70. The van der Waals surface area contributed by atoms with Crippen LogP contribution >= 0.6 is 34.7 Å². The summed E-state index contributed by atoms with van der Waals surface area (Å²) >= 11 is 9.27. The molecular formula is C20H19ClN2O4S3. The van der Waals surface area contributed by atoms with Crippen LogP contribution in [0, 0.1) is 0 Å². The second-order valence-corrected chi connectivity index (χ2v) is 11.0. The summed E-state index contributed by atoms with van der Waals surface area (Å²) in [5, 5.41) is 2.87. The molecule has 0 fully saturated rings. The first kappa shape index (κ1) is 22.8. The maximum Gasteiger partial charge on any atom is 0.257 e. The highest BCUT2D eigenvalue weighted by molar-refractivity contribution is 8.01. The smallest absolute Gasteiger partial charge is 0.257 e. The highest BCUT2D eigenvalue weighted by Crippen LogP contribution is 2.31. The molecule has 3 aromatic rings. The molecule has 0 aliphatic rings. The van der Waals surface area contributed by atoms with Crippen molar-refractivity contribution in [2.75, 3.05) is 30.5 Å². The third kappa shape index (κ3) is 5.83. The van der Waals surface area contributed by atoms with Gasteiger partial charge >= 0.3 is 0 Å². The highest BCUT2D eigenvalue weighted by Gasteiger charge is 2.15. The van der Waals surface area contributed by atoms with Crippen molar-refractivity contribution in [2.45, 2.75) is 9.24 Å². The number of thiazole rings is 1. The van der Waals surface area contributed by atoms with Crippen LogP contribution in [0.3, 0.4) is 0 Å². The second kappa shape index (κ2) is 9.93. The molecule has 1 amide bonds. The molecule has 0 aliphatic carbocycles. The van der Waals surface area contributed by atoms with E-state index in [1.54, 1.807) is 23.9 Å². The van der Waals surface area contributed by atoms with Crippen LogP contribution in [-0.2, 0) is 14.6 Å². The van der Waals surface area contributed by atoms with Gasteiger partial charge in [-0.3, -0.25) is 4.79 Å². The van der Waals surface area contributed by atoms with E-state index in [1.165, 1.54) is 29.5 Å². The lowest BCUT2D eigenvalue weighted by molar-refractivity contribution is 0.102. The summed E-state index contributed by atoms with van der Waals surface area (Å²) in [4.78, 5) is 17.2. The lowest BCUT2D eigenvalue weighted by Gasteiger charge is -2.08. The van der Waals surface area contributed by atoms with Crippen molar-refractivity contribution in [3.8, 4) is 0 Å². The molecule has 0 saturated carbocycles. The molecule has 1 heterocycles. The third-order valence-corrected chi connectivity index (χ3v) is 7.48. The van der Waals surface area contributed by atoms with Crippen LogP contribution in [0.1, 0.15) is 10.4 Å². The number of fused-ring (bicyclic) bond motifs is 1. The van der Waals surface area contributed by atoms with Crippen molar-refractivity contribution < 1.29 is 17.9 Å². The molecule has 0 aliphatic heterocycles. The molecule has 1 aromatic heterocycles. The van der Waals surface area contributed by atoms with Gasteiger partial charge < -0.3 is 10.1 Å². The molecule has 6 nitrogen and oxygen atoms in total. The largest absolute Gasteiger partial charge is 0.377 e. The molecule has 0 bridgehead atoms. The average molecular weight is 483 g/mol. The lowest BCUT2D eigenvalue weighted by atomic mass is 10.2. The van der Waals surface area contributed by atoms with E-state index in [1.807, 2.05) is 12.1 Å². The van der Waals surface area contributed by atoms with E-state index in [0.29, 0.717) is 18.9 Å². The molecular weight excluding hydrogens is 464 g/mol. The Labute approximate surface area is 188 Å². The van der Waals surface area contributed by atoms with Crippen LogP contribution in [0.25, 0.3) is 10.2 Å². The van der Waals surface area contributed by atoms with Gasteiger partial charge in [0.2, 0.25) is 0 Å². The Morgan fingerprint density at radius 2 is 2.13 bits per heavy atom. The van der Waals surface area contributed by atoms with E-state index in [9.17, 15) is 13.2 Å². The number of nitrogens with zero attached hydrogens (tertiary/aromatic N) is 1. The van der Waals surface area contributed by atoms with Gasteiger partial charge in [-0.15, -0.1) is 17.9 Å². The summed E-state index contributed by atoms with van der Waals surface area (Å²) in [6.07, 6.45) is 2.80. The van der Waals surface area contributed by atoms with Gasteiger partial charge in [-0.05, 0) is 36.4 Å². The number of rotatable bonds is 9. The number of anilines is 1. The van der Waals surface area contributed by atoms with Crippen LogP contribution in [0.2, 0.25) is 5.02 Å². The predicted octanol–water partition coefficient (Wildman–Crippen LogP) is 4.90. The van der Waals surface area contributed by atoms with Gasteiger partial charge in [-0.1, -0.05) is 29.4 Å². The number of hydrogen-bond donors (Lipinski definition) is 1. The molecule has 3 rings (SSSR count). The fraction of sp³-hybridized carbons (Fsp3) is 0.200. The number of hydrogen-bond acceptors (Lipinski definition) is 7. The number of nitrogens with one attached hydrogen (secondary N) is 1. The minimum atomic E-state index is -3.40. The predicted molar refractivity (Wildman–Crippen MR) is 124 cm³/mol. The monoisotopic (exact) mass is 482 g/mol. The fourth-order valence-corrected chi connectivity index (χ4v) is 5.51. The van der Waals surface area contributed by atoms with E-state index in [4.69, 9.17) is 16.3 Å². The molecule has 10 heteroatoms. The standard InChI is InChI=1S/C20H19ClN2O4S3/c1-3-8-27-9-10-28-20-23-17-7-4-13(11-18(17)29-20)22-19(24)15-6-5-14(12-16(15)21)30(2,25)26/h3-7,11-12H,1,8-10H2,2H3,(H,22,24). The van der Waals surface area contributed by atoms with Gasteiger partial charge in [-0.2, -0.15) is 0 Å². The second-order valence-electron chi connectivity index (χ2n) is 6.24. The van der Waals surface area contributed by atoms with Gasteiger partial charge in [0.25, 0.3) is 5.91 Å². The van der Waals surface area contributed by atoms with Crippen LogP contribution in [0.4, 0.5) is 5.69 Å². The molecule has 1 N–H and O–H groups in total. The summed E-state index contributed by atoms with van der Waals surface area (Å²) in [6, 6.07) is 9.50. The first-order chi connectivity index (χ1) is 14.3. The van der Waals surface area contributed by atoms with Gasteiger partial charge in [0.1, 0.15) is 0 Å². The summed E-state index contributed by atoms with van der Waals surface area (Å²) in [6.45, 7) is 4.76. The van der Waals surface area contributed by atoms with E-state index < -0.39 is 15.7 Å². The maximum atomic E-state index is 12.6. The molecule has 158 valence electrons. The molecule has 0 saturated heterocycles. The first-order valence-corrected chi connectivity index (χ1v) is 12.9. The number of aromatic nitrogens is 1. The molecule has 0 atom stereocenters. The van der Waals surface area contributed by atoms with Crippen LogP contribution in [-0.4, -0.2) is 44.5 Å².